The van der Waals surface area contributed by atoms with Crippen LogP contribution in [-0.4, -0.2) is 48.8 Å². The first-order valence-corrected chi connectivity index (χ1v) is 8.23. The van der Waals surface area contributed by atoms with E-state index in [0.29, 0.717) is 18.2 Å². The second-order valence-electron chi connectivity index (χ2n) is 6.26. The minimum atomic E-state index is -1.01. The molecule has 1 heterocycles. The van der Waals surface area contributed by atoms with E-state index in [1.54, 1.807) is 17.0 Å². The van der Waals surface area contributed by atoms with E-state index in [1.807, 2.05) is 26.1 Å². The Morgan fingerprint density at radius 3 is 2.50 bits per heavy atom. The van der Waals surface area contributed by atoms with Crippen LogP contribution in [0.3, 0.4) is 0 Å². The van der Waals surface area contributed by atoms with E-state index in [-0.39, 0.29) is 18.4 Å². The van der Waals surface area contributed by atoms with Crippen LogP contribution in [0.25, 0.3) is 0 Å². The molecule has 1 saturated heterocycles. The van der Waals surface area contributed by atoms with Gasteiger partial charge in [0.1, 0.15) is 5.75 Å². The maximum absolute atomic E-state index is 12.6. The predicted octanol–water partition coefficient (Wildman–Crippen LogP) is 2.17. The number of carbonyl (C=O) groups excluding carboxylic acids is 1. The third-order valence-electron chi connectivity index (χ3n) is 4.44. The number of carboxylic acid groups (broad SMARTS) is 1. The smallest absolute Gasteiger partial charge is 0.341 e. The minimum Gasteiger partial charge on any atom is -0.482 e. The molecule has 0 aromatic heterocycles. The lowest BCUT2D eigenvalue weighted by atomic mass is 9.86. The molecule has 1 aromatic carbocycles. The third-order valence-corrected chi connectivity index (χ3v) is 4.44. The highest BCUT2D eigenvalue weighted by Crippen LogP contribution is 2.25. The summed E-state index contributed by atoms with van der Waals surface area (Å²) in [7, 11) is 1.81. The number of hydrogen-bond donors (Lipinski definition) is 1. The topological polar surface area (TPSA) is 76.1 Å². The van der Waals surface area contributed by atoms with Gasteiger partial charge in [-0.25, -0.2) is 4.79 Å². The van der Waals surface area contributed by atoms with Crippen LogP contribution in [0.15, 0.2) is 24.3 Å². The fourth-order valence-electron chi connectivity index (χ4n) is 2.95. The largest absolute Gasteiger partial charge is 0.482 e. The summed E-state index contributed by atoms with van der Waals surface area (Å²) >= 11 is 0. The van der Waals surface area contributed by atoms with Gasteiger partial charge >= 0.3 is 5.97 Å². The van der Waals surface area contributed by atoms with Crippen LogP contribution in [0.1, 0.15) is 25.3 Å². The number of carboxylic acids is 1. The average molecular weight is 335 g/mol. The molecule has 1 N–H and O–H groups in total. The van der Waals surface area contributed by atoms with Crippen molar-refractivity contribution in [2.75, 3.05) is 26.9 Å². The number of ether oxygens (including phenoxy) is 2. The number of hydrogen-bond acceptors (Lipinski definition) is 4. The minimum absolute atomic E-state index is 0.00271. The van der Waals surface area contributed by atoms with Gasteiger partial charge in [0.2, 0.25) is 5.91 Å². The summed E-state index contributed by atoms with van der Waals surface area (Å²) in [6, 6.07) is 7.14. The van der Waals surface area contributed by atoms with E-state index in [2.05, 4.69) is 0 Å². The predicted molar refractivity (Wildman–Crippen MR) is 88.8 cm³/mol. The first-order valence-electron chi connectivity index (χ1n) is 8.23. The van der Waals surface area contributed by atoms with Crippen LogP contribution in [-0.2, 0) is 20.9 Å². The zero-order valence-corrected chi connectivity index (χ0v) is 14.2. The second kappa shape index (κ2) is 8.68. The summed E-state index contributed by atoms with van der Waals surface area (Å²) in [6.45, 7) is 3.64. The van der Waals surface area contributed by atoms with E-state index in [9.17, 15) is 9.59 Å². The summed E-state index contributed by atoms with van der Waals surface area (Å²) in [5.74, 6) is 0.0304. The van der Waals surface area contributed by atoms with E-state index in [4.69, 9.17) is 14.6 Å². The SMILES string of the molecule is CC(C(=O)N(C)Cc1ccc(OCC(=O)O)cc1)C1CCOCC1. The Kier molecular flexibility index (Phi) is 6.61. The molecule has 0 saturated carbocycles. The van der Waals surface area contributed by atoms with Crippen LogP contribution in [0, 0.1) is 11.8 Å². The molecule has 0 spiro atoms. The lowest BCUT2D eigenvalue weighted by Crippen LogP contribution is -2.36. The van der Waals surface area contributed by atoms with Gasteiger partial charge in [-0.3, -0.25) is 4.79 Å². The number of amides is 1. The monoisotopic (exact) mass is 335 g/mol. The first kappa shape index (κ1) is 18.3. The van der Waals surface area contributed by atoms with E-state index >= 15 is 0 Å². The molecule has 1 atom stereocenters. The van der Waals surface area contributed by atoms with Crippen molar-refractivity contribution in [3.63, 3.8) is 0 Å². The summed E-state index contributed by atoms with van der Waals surface area (Å²) in [5, 5.41) is 8.59. The Morgan fingerprint density at radius 1 is 1.29 bits per heavy atom. The molecule has 1 unspecified atom stereocenters. The zero-order chi connectivity index (χ0) is 17.5. The van der Waals surface area contributed by atoms with Crippen LogP contribution in [0.5, 0.6) is 5.75 Å². The Morgan fingerprint density at radius 2 is 1.92 bits per heavy atom. The quantitative estimate of drug-likeness (QED) is 0.826. The molecule has 6 heteroatoms. The van der Waals surface area contributed by atoms with Crippen molar-refractivity contribution in [3.05, 3.63) is 29.8 Å². The fraction of sp³-hybridized carbons (Fsp3) is 0.556. The van der Waals surface area contributed by atoms with Gasteiger partial charge in [0.15, 0.2) is 6.61 Å². The van der Waals surface area contributed by atoms with Gasteiger partial charge < -0.3 is 19.5 Å². The van der Waals surface area contributed by atoms with Gasteiger partial charge in [-0.15, -0.1) is 0 Å². The van der Waals surface area contributed by atoms with Crippen LogP contribution in [0.4, 0.5) is 0 Å². The van der Waals surface area contributed by atoms with Gasteiger partial charge in [0, 0.05) is 32.7 Å². The Bertz CT molecular complexity index is 551. The first-order chi connectivity index (χ1) is 11.5. The standard InChI is InChI=1S/C18H25NO5/c1-13(15-7-9-23-10-8-15)18(22)19(2)11-14-3-5-16(6-4-14)24-12-17(20)21/h3-6,13,15H,7-12H2,1-2H3,(H,20,21). The molecule has 132 valence electrons. The summed E-state index contributed by atoms with van der Waals surface area (Å²) < 4.78 is 10.5. The number of aliphatic carboxylic acids is 1. The van der Waals surface area contributed by atoms with Gasteiger partial charge in [-0.05, 0) is 36.5 Å². The molecule has 1 amide bonds. The van der Waals surface area contributed by atoms with Gasteiger partial charge in [0.05, 0.1) is 0 Å². The molecule has 1 aliphatic rings. The van der Waals surface area contributed by atoms with Crippen molar-refractivity contribution in [3.8, 4) is 5.75 Å². The van der Waals surface area contributed by atoms with Crippen LogP contribution in [0.2, 0.25) is 0 Å². The lowest BCUT2D eigenvalue weighted by Gasteiger charge is -2.30. The van der Waals surface area contributed by atoms with Crippen LogP contribution < -0.4 is 4.74 Å². The Labute approximate surface area is 142 Å². The maximum atomic E-state index is 12.6. The molecule has 2 rings (SSSR count). The van der Waals surface area contributed by atoms with Gasteiger partial charge in [0.25, 0.3) is 0 Å². The van der Waals surface area contributed by atoms with Crippen molar-refractivity contribution in [2.45, 2.75) is 26.3 Å². The highest BCUT2D eigenvalue weighted by Gasteiger charge is 2.27. The van der Waals surface area contributed by atoms with Crippen LogP contribution >= 0.6 is 0 Å². The van der Waals surface area contributed by atoms with Gasteiger partial charge in [-0.1, -0.05) is 19.1 Å². The number of rotatable bonds is 7. The van der Waals surface area contributed by atoms with Crippen molar-refractivity contribution in [1.29, 1.82) is 0 Å². The highest BCUT2D eigenvalue weighted by molar-refractivity contribution is 5.78. The Balaban J connectivity index is 1.87. The van der Waals surface area contributed by atoms with Crippen molar-refractivity contribution in [1.82, 2.24) is 4.90 Å². The number of benzene rings is 1. The highest BCUT2D eigenvalue weighted by atomic mass is 16.5. The lowest BCUT2D eigenvalue weighted by molar-refractivity contribution is -0.139. The number of nitrogens with zero attached hydrogens (tertiary/aromatic N) is 1. The van der Waals surface area contributed by atoms with E-state index in [1.165, 1.54) is 0 Å². The molecule has 1 fully saturated rings. The molecular weight excluding hydrogens is 310 g/mol. The maximum Gasteiger partial charge on any atom is 0.341 e. The van der Waals surface area contributed by atoms with Crippen molar-refractivity contribution >= 4 is 11.9 Å². The fourth-order valence-corrected chi connectivity index (χ4v) is 2.95. The molecule has 1 aromatic rings. The molecular formula is C18H25NO5. The van der Waals surface area contributed by atoms with E-state index in [0.717, 1.165) is 31.6 Å². The molecule has 24 heavy (non-hydrogen) atoms. The van der Waals surface area contributed by atoms with Crippen molar-refractivity contribution < 1.29 is 24.2 Å². The molecule has 1 aliphatic heterocycles. The molecule has 6 nitrogen and oxygen atoms in total. The molecule has 0 radical (unpaired) electrons. The number of carbonyl (C=O) groups is 2. The van der Waals surface area contributed by atoms with Crippen molar-refractivity contribution in [2.24, 2.45) is 11.8 Å². The third kappa shape index (κ3) is 5.23. The zero-order valence-electron chi connectivity index (χ0n) is 14.2. The second-order valence-corrected chi connectivity index (χ2v) is 6.26. The summed E-state index contributed by atoms with van der Waals surface area (Å²) in [6.07, 6.45) is 1.88. The summed E-state index contributed by atoms with van der Waals surface area (Å²) in [5.41, 5.74) is 0.979. The molecule has 0 bridgehead atoms. The molecule has 0 aliphatic carbocycles. The average Bonchev–Trinajstić information content (AvgIpc) is 2.60. The van der Waals surface area contributed by atoms with Gasteiger partial charge in [-0.2, -0.15) is 0 Å². The Hall–Kier alpha value is -2.08. The summed E-state index contributed by atoms with van der Waals surface area (Å²) in [4.78, 5) is 24.8. The van der Waals surface area contributed by atoms with E-state index < -0.39 is 5.97 Å². The normalized spacial score (nSPS) is 16.4.